The standard InChI is InChI=1S/C23H19BrN2O3S/c1-3-28-18-6-4-5-17(12-18)26-22(27)16(14-25)11-19-13-21(24)23(29-19)30-20-9-7-15(2)8-10-20/h4-13H,3H2,1-2H3,(H,26,27)/b16-11-. The summed E-state index contributed by atoms with van der Waals surface area (Å²) in [6.45, 7) is 4.44. The third kappa shape index (κ3) is 5.78. The van der Waals surface area contributed by atoms with Gasteiger partial charge in [-0.1, -0.05) is 35.5 Å². The van der Waals surface area contributed by atoms with Crippen LogP contribution in [0.15, 0.2) is 79.0 Å². The van der Waals surface area contributed by atoms with E-state index in [0.717, 1.165) is 9.37 Å². The smallest absolute Gasteiger partial charge is 0.266 e. The van der Waals surface area contributed by atoms with Crippen molar-refractivity contribution < 1.29 is 13.9 Å². The molecule has 3 rings (SSSR count). The molecule has 1 N–H and O–H groups in total. The Bertz CT molecular complexity index is 1110. The summed E-state index contributed by atoms with van der Waals surface area (Å²) in [5.41, 5.74) is 1.66. The van der Waals surface area contributed by atoms with Crippen LogP contribution in [0.2, 0.25) is 0 Å². The first kappa shape index (κ1) is 21.8. The van der Waals surface area contributed by atoms with E-state index in [1.165, 1.54) is 23.4 Å². The number of furan rings is 1. The van der Waals surface area contributed by atoms with Gasteiger partial charge < -0.3 is 14.5 Å². The zero-order valence-corrected chi connectivity index (χ0v) is 18.8. The molecule has 0 saturated heterocycles. The predicted molar refractivity (Wildman–Crippen MR) is 122 cm³/mol. The summed E-state index contributed by atoms with van der Waals surface area (Å²) in [6, 6.07) is 18.7. The lowest BCUT2D eigenvalue weighted by Crippen LogP contribution is -2.13. The summed E-state index contributed by atoms with van der Waals surface area (Å²) in [6.07, 6.45) is 1.42. The molecule has 1 aromatic heterocycles. The zero-order valence-electron chi connectivity index (χ0n) is 16.4. The number of nitrogens with one attached hydrogen (secondary N) is 1. The van der Waals surface area contributed by atoms with Crippen LogP contribution in [0.3, 0.4) is 0 Å². The van der Waals surface area contributed by atoms with Crippen LogP contribution in [0.25, 0.3) is 6.08 Å². The zero-order chi connectivity index (χ0) is 21.5. The minimum absolute atomic E-state index is 0.0649. The monoisotopic (exact) mass is 482 g/mol. The number of ether oxygens (including phenoxy) is 1. The summed E-state index contributed by atoms with van der Waals surface area (Å²) in [5, 5.41) is 12.8. The minimum atomic E-state index is -0.522. The Morgan fingerprint density at radius 2 is 2.03 bits per heavy atom. The van der Waals surface area contributed by atoms with Crippen LogP contribution in [0, 0.1) is 18.3 Å². The van der Waals surface area contributed by atoms with Gasteiger partial charge in [-0.15, -0.1) is 0 Å². The van der Waals surface area contributed by atoms with E-state index in [1.807, 2.05) is 44.2 Å². The number of aryl methyl sites for hydroxylation is 1. The fourth-order valence-corrected chi connectivity index (χ4v) is 3.87. The molecule has 0 aliphatic heterocycles. The second-order valence-corrected chi connectivity index (χ2v) is 8.18. The van der Waals surface area contributed by atoms with E-state index < -0.39 is 5.91 Å². The van der Waals surface area contributed by atoms with Gasteiger partial charge in [0.25, 0.3) is 5.91 Å². The van der Waals surface area contributed by atoms with Crippen molar-refractivity contribution in [3.05, 3.63) is 76.0 Å². The van der Waals surface area contributed by atoms with Crippen LogP contribution in [-0.4, -0.2) is 12.5 Å². The van der Waals surface area contributed by atoms with E-state index in [2.05, 4.69) is 21.2 Å². The molecule has 1 amide bonds. The first-order chi connectivity index (χ1) is 14.5. The average molecular weight is 483 g/mol. The summed E-state index contributed by atoms with van der Waals surface area (Å²) in [4.78, 5) is 13.6. The predicted octanol–water partition coefficient (Wildman–Crippen LogP) is 6.45. The van der Waals surface area contributed by atoms with Gasteiger partial charge in [0.1, 0.15) is 23.2 Å². The Kier molecular flexibility index (Phi) is 7.39. The molecule has 30 heavy (non-hydrogen) atoms. The molecule has 0 aliphatic carbocycles. The van der Waals surface area contributed by atoms with Gasteiger partial charge in [-0.25, -0.2) is 0 Å². The molecule has 3 aromatic rings. The second kappa shape index (κ2) is 10.2. The maximum Gasteiger partial charge on any atom is 0.266 e. The van der Waals surface area contributed by atoms with Crippen LogP contribution in [0.5, 0.6) is 5.75 Å². The van der Waals surface area contributed by atoms with Gasteiger partial charge >= 0.3 is 0 Å². The fourth-order valence-electron chi connectivity index (χ4n) is 2.54. The lowest BCUT2D eigenvalue weighted by molar-refractivity contribution is -0.112. The molecule has 0 fully saturated rings. The molecule has 0 saturated carbocycles. The van der Waals surface area contributed by atoms with Gasteiger partial charge in [0.15, 0.2) is 5.09 Å². The largest absolute Gasteiger partial charge is 0.494 e. The summed E-state index contributed by atoms with van der Waals surface area (Å²) >= 11 is 4.93. The number of carbonyl (C=O) groups excluding carboxylic acids is 1. The number of halogens is 1. The van der Waals surface area contributed by atoms with Gasteiger partial charge in [-0.05, 0) is 60.1 Å². The van der Waals surface area contributed by atoms with E-state index in [0.29, 0.717) is 28.9 Å². The average Bonchev–Trinajstić information content (AvgIpc) is 3.07. The van der Waals surface area contributed by atoms with Crippen LogP contribution in [-0.2, 0) is 4.79 Å². The highest BCUT2D eigenvalue weighted by atomic mass is 79.9. The Morgan fingerprint density at radius 3 is 2.73 bits per heavy atom. The number of carbonyl (C=O) groups is 1. The van der Waals surface area contributed by atoms with Crippen molar-refractivity contribution in [1.29, 1.82) is 5.26 Å². The van der Waals surface area contributed by atoms with Crippen molar-refractivity contribution in [3.8, 4) is 11.8 Å². The first-order valence-corrected chi connectivity index (χ1v) is 10.8. The number of hydrogen-bond acceptors (Lipinski definition) is 5. The topological polar surface area (TPSA) is 75.3 Å². The van der Waals surface area contributed by atoms with E-state index >= 15 is 0 Å². The number of hydrogen-bond donors (Lipinski definition) is 1. The molecule has 0 spiro atoms. The highest BCUT2D eigenvalue weighted by Crippen LogP contribution is 2.36. The van der Waals surface area contributed by atoms with E-state index in [4.69, 9.17) is 9.15 Å². The molecule has 0 radical (unpaired) electrons. The van der Waals surface area contributed by atoms with Gasteiger partial charge in [-0.3, -0.25) is 4.79 Å². The van der Waals surface area contributed by atoms with Crippen molar-refractivity contribution in [1.82, 2.24) is 0 Å². The summed E-state index contributed by atoms with van der Waals surface area (Å²) < 4.78 is 12.0. The fraction of sp³-hybridized carbons (Fsp3) is 0.130. The van der Waals surface area contributed by atoms with Crippen LogP contribution in [0.1, 0.15) is 18.2 Å². The van der Waals surface area contributed by atoms with Crippen molar-refractivity contribution in [2.24, 2.45) is 0 Å². The molecular formula is C23H19BrN2O3S. The van der Waals surface area contributed by atoms with E-state index in [9.17, 15) is 10.1 Å². The second-order valence-electron chi connectivity index (χ2n) is 6.28. The van der Waals surface area contributed by atoms with Crippen molar-refractivity contribution >= 4 is 45.4 Å². The minimum Gasteiger partial charge on any atom is -0.494 e. The van der Waals surface area contributed by atoms with Gasteiger partial charge in [-0.2, -0.15) is 5.26 Å². The number of nitrogens with zero attached hydrogens (tertiary/aromatic N) is 1. The van der Waals surface area contributed by atoms with Gasteiger partial charge in [0.05, 0.1) is 11.1 Å². The Balaban J connectivity index is 1.75. The highest BCUT2D eigenvalue weighted by Gasteiger charge is 2.14. The first-order valence-electron chi connectivity index (χ1n) is 9.18. The Hall–Kier alpha value is -2.95. The SMILES string of the molecule is CCOc1cccc(NC(=O)/C(C#N)=C\c2cc(Br)c(Sc3ccc(C)cc3)o2)c1. The van der Waals surface area contributed by atoms with E-state index in [1.54, 1.807) is 30.3 Å². The normalized spacial score (nSPS) is 11.1. The molecule has 0 aliphatic rings. The van der Waals surface area contributed by atoms with Crippen LogP contribution in [0.4, 0.5) is 5.69 Å². The number of rotatable bonds is 7. The molecule has 152 valence electrons. The Labute approximate surface area is 187 Å². The van der Waals surface area contributed by atoms with Crippen molar-refractivity contribution in [3.63, 3.8) is 0 Å². The summed E-state index contributed by atoms with van der Waals surface area (Å²) in [7, 11) is 0. The summed E-state index contributed by atoms with van der Waals surface area (Å²) in [5.74, 6) is 0.531. The maximum atomic E-state index is 12.5. The molecule has 2 aromatic carbocycles. The number of nitriles is 1. The third-order valence-corrected chi connectivity index (χ3v) is 5.81. The molecule has 1 heterocycles. The molecule has 5 nitrogen and oxygen atoms in total. The molecule has 0 bridgehead atoms. The third-order valence-electron chi connectivity index (χ3n) is 3.96. The number of benzene rings is 2. The van der Waals surface area contributed by atoms with Gasteiger partial charge in [0.2, 0.25) is 0 Å². The number of anilines is 1. The van der Waals surface area contributed by atoms with Crippen LogP contribution >= 0.6 is 27.7 Å². The molecule has 0 atom stereocenters. The quantitative estimate of drug-likeness (QED) is 0.309. The van der Waals surface area contributed by atoms with Crippen LogP contribution < -0.4 is 10.1 Å². The molecule has 0 unspecified atom stereocenters. The lowest BCUT2D eigenvalue weighted by Gasteiger charge is -2.07. The lowest BCUT2D eigenvalue weighted by atomic mass is 10.2. The molecular weight excluding hydrogens is 464 g/mol. The van der Waals surface area contributed by atoms with Gasteiger partial charge in [0, 0.05) is 22.7 Å². The Morgan fingerprint density at radius 1 is 1.27 bits per heavy atom. The van der Waals surface area contributed by atoms with E-state index in [-0.39, 0.29) is 5.57 Å². The van der Waals surface area contributed by atoms with Crippen molar-refractivity contribution in [2.45, 2.75) is 23.8 Å². The van der Waals surface area contributed by atoms with Crippen molar-refractivity contribution in [2.75, 3.05) is 11.9 Å². The number of amides is 1. The maximum absolute atomic E-state index is 12.5. The highest BCUT2D eigenvalue weighted by molar-refractivity contribution is 9.10. The molecule has 7 heteroatoms.